The third-order valence-corrected chi connectivity index (χ3v) is 3.42. The Morgan fingerprint density at radius 3 is 2.70 bits per heavy atom. The van der Waals surface area contributed by atoms with E-state index in [9.17, 15) is 0 Å². The first-order valence-electron chi connectivity index (χ1n) is 7.11. The smallest absolute Gasteiger partial charge is 0.233 e. The van der Waals surface area contributed by atoms with Crippen molar-refractivity contribution in [3.8, 4) is 29.0 Å². The van der Waals surface area contributed by atoms with Gasteiger partial charge in [0.25, 0.3) is 0 Å². The van der Waals surface area contributed by atoms with E-state index in [0.29, 0.717) is 18.1 Å². The van der Waals surface area contributed by atoms with Crippen molar-refractivity contribution in [3.05, 3.63) is 65.7 Å². The molecule has 0 spiro atoms. The van der Waals surface area contributed by atoms with Gasteiger partial charge in [-0.05, 0) is 29.8 Å². The number of nitrogens with one attached hydrogen (secondary N) is 1. The first-order chi connectivity index (χ1) is 11.3. The number of aromatic amines is 1. The molecule has 0 unspecified atom stereocenters. The topological polar surface area (TPSA) is 70.9 Å². The van der Waals surface area contributed by atoms with Gasteiger partial charge < -0.3 is 9.47 Å². The number of benzene rings is 2. The second-order valence-corrected chi connectivity index (χ2v) is 4.92. The van der Waals surface area contributed by atoms with Crippen molar-refractivity contribution in [2.24, 2.45) is 0 Å². The van der Waals surface area contributed by atoms with Crippen molar-refractivity contribution in [1.82, 2.24) is 10.2 Å². The highest BCUT2D eigenvalue weighted by Gasteiger charge is 2.09. The summed E-state index contributed by atoms with van der Waals surface area (Å²) >= 11 is 0. The fourth-order valence-corrected chi connectivity index (χ4v) is 2.22. The van der Waals surface area contributed by atoms with Crippen LogP contribution in [0.5, 0.6) is 11.6 Å². The molecule has 0 aliphatic heterocycles. The minimum Gasteiger partial charge on any atom is -0.496 e. The Kier molecular flexibility index (Phi) is 4.25. The average Bonchev–Trinajstić information content (AvgIpc) is 3.09. The SMILES string of the molecule is COc1ccccc1-c1cc(OCc2ccc(C#N)cc2)n[nH]1.[HH]. The van der Waals surface area contributed by atoms with Crippen LogP contribution in [0.4, 0.5) is 0 Å². The van der Waals surface area contributed by atoms with E-state index in [4.69, 9.17) is 14.7 Å². The highest BCUT2D eigenvalue weighted by Crippen LogP contribution is 2.29. The third-order valence-electron chi connectivity index (χ3n) is 3.42. The van der Waals surface area contributed by atoms with Crippen molar-refractivity contribution >= 4 is 0 Å². The lowest BCUT2D eigenvalue weighted by atomic mass is 10.1. The van der Waals surface area contributed by atoms with Crippen molar-refractivity contribution in [2.45, 2.75) is 6.61 Å². The summed E-state index contributed by atoms with van der Waals surface area (Å²) in [4.78, 5) is 0. The number of hydrogen-bond acceptors (Lipinski definition) is 4. The highest BCUT2D eigenvalue weighted by atomic mass is 16.5. The molecule has 116 valence electrons. The first-order valence-corrected chi connectivity index (χ1v) is 7.11. The average molecular weight is 307 g/mol. The van der Waals surface area contributed by atoms with E-state index >= 15 is 0 Å². The minimum atomic E-state index is 0. The van der Waals surface area contributed by atoms with Gasteiger partial charge in [0.05, 0.1) is 24.4 Å². The van der Waals surface area contributed by atoms with Crippen LogP contribution < -0.4 is 9.47 Å². The molecule has 1 aromatic heterocycles. The van der Waals surface area contributed by atoms with Crippen molar-refractivity contribution in [1.29, 1.82) is 5.26 Å². The molecule has 5 nitrogen and oxygen atoms in total. The van der Waals surface area contributed by atoms with Crippen LogP contribution in [-0.4, -0.2) is 17.3 Å². The van der Waals surface area contributed by atoms with Crippen LogP contribution in [-0.2, 0) is 6.61 Å². The maximum atomic E-state index is 8.78. The minimum absolute atomic E-state index is 0. The normalized spacial score (nSPS) is 10.1. The Balaban J connectivity index is 0.00000208. The Bertz CT molecular complexity index is 838. The molecule has 5 heteroatoms. The molecular weight excluding hydrogens is 290 g/mol. The monoisotopic (exact) mass is 307 g/mol. The molecule has 0 saturated heterocycles. The standard InChI is InChI=1S/C18H15N3O2.H2/c1-22-17-5-3-2-4-15(17)16-10-18(21-20-16)23-12-14-8-6-13(11-19)7-9-14;/h2-10H,12H2,1H3,(H,20,21);1H. The molecule has 3 aromatic rings. The van der Waals surface area contributed by atoms with E-state index < -0.39 is 0 Å². The molecule has 0 atom stereocenters. The second-order valence-electron chi connectivity index (χ2n) is 4.92. The van der Waals surface area contributed by atoms with Crippen LogP contribution in [0, 0.1) is 11.3 Å². The molecule has 0 fully saturated rings. The first kappa shape index (κ1) is 14.7. The van der Waals surface area contributed by atoms with Gasteiger partial charge in [0.15, 0.2) is 0 Å². The number of rotatable bonds is 5. The molecule has 0 aliphatic rings. The van der Waals surface area contributed by atoms with Crippen LogP contribution in [0.3, 0.4) is 0 Å². The Labute approximate surface area is 135 Å². The molecule has 0 bridgehead atoms. The Morgan fingerprint density at radius 2 is 1.96 bits per heavy atom. The summed E-state index contributed by atoms with van der Waals surface area (Å²) in [6.07, 6.45) is 0. The van der Waals surface area contributed by atoms with Crippen molar-refractivity contribution in [2.75, 3.05) is 7.11 Å². The summed E-state index contributed by atoms with van der Waals surface area (Å²) in [7, 11) is 1.64. The van der Waals surface area contributed by atoms with E-state index in [1.54, 1.807) is 19.2 Å². The van der Waals surface area contributed by atoms with E-state index in [1.807, 2.05) is 42.5 Å². The van der Waals surface area contributed by atoms with E-state index in [2.05, 4.69) is 16.3 Å². The molecule has 0 amide bonds. The highest BCUT2D eigenvalue weighted by molar-refractivity contribution is 5.67. The fourth-order valence-electron chi connectivity index (χ4n) is 2.22. The third kappa shape index (κ3) is 3.33. The van der Waals surface area contributed by atoms with Crippen molar-refractivity contribution in [3.63, 3.8) is 0 Å². The van der Waals surface area contributed by atoms with Crippen LogP contribution >= 0.6 is 0 Å². The molecule has 23 heavy (non-hydrogen) atoms. The second kappa shape index (κ2) is 6.67. The van der Waals surface area contributed by atoms with Gasteiger partial charge >= 0.3 is 0 Å². The van der Waals surface area contributed by atoms with E-state index in [1.165, 1.54) is 0 Å². The van der Waals surface area contributed by atoms with Gasteiger partial charge in [-0.1, -0.05) is 24.3 Å². The number of hydrogen-bond donors (Lipinski definition) is 1. The summed E-state index contributed by atoms with van der Waals surface area (Å²) in [5.41, 5.74) is 3.37. The lowest BCUT2D eigenvalue weighted by Gasteiger charge is -2.05. The predicted molar refractivity (Wildman–Crippen MR) is 88.2 cm³/mol. The zero-order valence-electron chi connectivity index (χ0n) is 12.6. The zero-order chi connectivity index (χ0) is 16.1. The van der Waals surface area contributed by atoms with Gasteiger partial charge in [0, 0.05) is 13.1 Å². The number of nitrogens with zero attached hydrogens (tertiary/aromatic N) is 2. The molecule has 0 aliphatic carbocycles. The maximum absolute atomic E-state index is 8.78. The number of ether oxygens (including phenoxy) is 2. The van der Waals surface area contributed by atoms with Crippen LogP contribution in [0.1, 0.15) is 12.6 Å². The summed E-state index contributed by atoms with van der Waals surface area (Å²) in [5, 5.41) is 15.9. The molecule has 0 saturated carbocycles. The molecule has 3 rings (SSSR count). The van der Waals surface area contributed by atoms with Gasteiger partial charge in [-0.15, -0.1) is 5.10 Å². The van der Waals surface area contributed by atoms with Gasteiger partial charge in [-0.3, -0.25) is 5.10 Å². The molecule has 2 aromatic carbocycles. The number of aromatic nitrogens is 2. The van der Waals surface area contributed by atoms with Gasteiger partial charge in [-0.2, -0.15) is 5.26 Å². The van der Waals surface area contributed by atoms with Gasteiger partial charge in [-0.25, -0.2) is 0 Å². The molecular formula is C18H17N3O2. The molecule has 0 radical (unpaired) electrons. The zero-order valence-corrected chi connectivity index (χ0v) is 12.6. The quantitative estimate of drug-likeness (QED) is 0.778. The van der Waals surface area contributed by atoms with E-state index in [0.717, 1.165) is 22.6 Å². The summed E-state index contributed by atoms with van der Waals surface area (Å²) in [5.74, 6) is 1.28. The number of para-hydroxylation sites is 1. The van der Waals surface area contributed by atoms with Crippen LogP contribution in [0.25, 0.3) is 11.3 Å². The van der Waals surface area contributed by atoms with Gasteiger partial charge in [0.1, 0.15) is 12.4 Å². The number of nitriles is 1. The van der Waals surface area contributed by atoms with Gasteiger partial charge in [0.2, 0.25) is 5.88 Å². The van der Waals surface area contributed by atoms with Crippen molar-refractivity contribution < 1.29 is 10.9 Å². The Morgan fingerprint density at radius 1 is 1.17 bits per heavy atom. The lowest BCUT2D eigenvalue weighted by Crippen LogP contribution is -1.95. The predicted octanol–water partition coefficient (Wildman–Crippen LogP) is 3.78. The van der Waals surface area contributed by atoms with E-state index in [-0.39, 0.29) is 1.43 Å². The Hall–Kier alpha value is -3.26. The maximum Gasteiger partial charge on any atom is 0.233 e. The number of H-pyrrole nitrogens is 1. The molecule has 1 N–H and O–H groups in total. The van der Waals surface area contributed by atoms with Crippen LogP contribution in [0.2, 0.25) is 0 Å². The molecule has 1 heterocycles. The fraction of sp³-hybridized carbons (Fsp3) is 0.111. The summed E-state index contributed by atoms with van der Waals surface area (Å²) in [6, 6.07) is 18.9. The number of methoxy groups -OCH3 is 1. The lowest BCUT2D eigenvalue weighted by molar-refractivity contribution is 0.293. The summed E-state index contributed by atoms with van der Waals surface area (Å²) < 4.78 is 11.0. The van der Waals surface area contributed by atoms with Crippen LogP contribution in [0.15, 0.2) is 54.6 Å². The largest absolute Gasteiger partial charge is 0.496 e. The summed E-state index contributed by atoms with van der Waals surface area (Å²) in [6.45, 7) is 0.391.